The maximum absolute atomic E-state index is 6.07. The van der Waals surface area contributed by atoms with Crippen molar-refractivity contribution >= 4 is 28.7 Å². The Morgan fingerprint density at radius 1 is 0.926 bits per heavy atom. The van der Waals surface area contributed by atoms with E-state index in [4.69, 9.17) is 4.74 Å². The fourth-order valence-corrected chi connectivity index (χ4v) is 3.57. The number of ether oxygens (including phenoxy) is 1. The summed E-state index contributed by atoms with van der Waals surface area (Å²) in [6, 6.07) is 10.2. The van der Waals surface area contributed by atoms with Gasteiger partial charge in [-0.2, -0.15) is 0 Å². The van der Waals surface area contributed by atoms with Crippen LogP contribution >= 0.6 is 0 Å². The summed E-state index contributed by atoms with van der Waals surface area (Å²) in [5.41, 5.74) is 5.65. The van der Waals surface area contributed by atoms with Gasteiger partial charge >= 0.3 is 0 Å². The highest BCUT2D eigenvalue weighted by molar-refractivity contribution is 5.87. The van der Waals surface area contributed by atoms with Crippen molar-refractivity contribution in [3.8, 4) is 5.75 Å². The zero-order valence-corrected chi connectivity index (χ0v) is 15.3. The Morgan fingerprint density at radius 2 is 1.59 bits per heavy atom. The van der Waals surface area contributed by atoms with Crippen molar-refractivity contribution in [2.24, 2.45) is 10.2 Å². The number of azo groups is 1. The minimum atomic E-state index is 0.710. The molecule has 0 N–H and O–H groups in total. The van der Waals surface area contributed by atoms with E-state index in [1.165, 1.54) is 5.56 Å². The molecule has 3 aromatic rings. The molecule has 5 rings (SSSR count). The number of para-hydroxylation sites is 1. The van der Waals surface area contributed by atoms with Crippen LogP contribution in [0.1, 0.15) is 23.1 Å². The molecule has 2 aliphatic heterocycles. The lowest BCUT2D eigenvalue weighted by molar-refractivity contribution is 0.289. The molecule has 0 saturated heterocycles. The fourth-order valence-electron chi connectivity index (χ4n) is 3.57. The van der Waals surface area contributed by atoms with Crippen molar-refractivity contribution in [2.75, 3.05) is 11.5 Å². The molecule has 6 heteroatoms. The van der Waals surface area contributed by atoms with Crippen molar-refractivity contribution in [3.63, 3.8) is 0 Å². The van der Waals surface area contributed by atoms with Crippen molar-refractivity contribution in [3.05, 3.63) is 59.4 Å². The third-order valence-corrected chi connectivity index (χ3v) is 4.81. The van der Waals surface area contributed by atoms with Crippen LogP contribution in [0.3, 0.4) is 0 Å². The van der Waals surface area contributed by atoms with Gasteiger partial charge in [0.05, 0.1) is 12.3 Å². The molecule has 0 fully saturated rings. The van der Waals surface area contributed by atoms with Gasteiger partial charge in [0.15, 0.2) is 11.6 Å². The lowest BCUT2D eigenvalue weighted by Crippen LogP contribution is -2.17. The quantitative estimate of drug-likeness (QED) is 0.444. The Kier molecular flexibility index (Phi) is 3.63. The van der Waals surface area contributed by atoms with Gasteiger partial charge in [-0.05, 0) is 61.6 Å². The standard InChI is InChI=1S/C21H19N5O/c1-13-9-16-20(22-11-13)26(21-17(25-24-16)10-14(2)12-23-21)18-7-3-5-15-6-4-8-27-19(15)18/h3,5,7,9-12H,4,6,8H2,1-2H3. The smallest absolute Gasteiger partial charge is 0.166 e. The average molecular weight is 357 g/mol. The van der Waals surface area contributed by atoms with Crippen LogP contribution in [0.25, 0.3) is 0 Å². The summed E-state index contributed by atoms with van der Waals surface area (Å²) in [4.78, 5) is 11.4. The first-order chi connectivity index (χ1) is 13.2. The zero-order chi connectivity index (χ0) is 18.4. The van der Waals surface area contributed by atoms with E-state index < -0.39 is 0 Å². The van der Waals surface area contributed by atoms with Gasteiger partial charge in [-0.15, -0.1) is 10.2 Å². The number of benzene rings is 1. The predicted octanol–water partition coefficient (Wildman–Crippen LogP) is 5.62. The molecule has 0 unspecified atom stereocenters. The third-order valence-electron chi connectivity index (χ3n) is 4.81. The summed E-state index contributed by atoms with van der Waals surface area (Å²) in [5, 5.41) is 8.92. The molecule has 2 aromatic heterocycles. The molecule has 0 radical (unpaired) electrons. The van der Waals surface area contributed by atoms with Gasteiger partial charge in [0, 0.05) is 12.4 Å². The van der Waals surface area contributed by atoms with Crippen molar-refractivity contribution in [1.82, 2.24) is 9.97 Å². The van der Waals surface area contributed by atoms with E-state index in [0.717, 1.165) is 53.4 Å². The van der Waals surface area contributed by atoms with E-state index in [-0.39, 0.29) is 0 Å². The second-order valence-corrected chi connectivity index (χ2v) is 6.96. The number of nitrogens with zero attached hydrogens (tertiary/aromatic N) is 5. The van der Waals surface area contributed by atoms with Gasteiger partial charge in [0.1, 0.15) is 17.1 Å². The van der Waals surface area contributed by atoms with Gasteiger partial charge in [0.25, 0.3) is 0 Å². The van der Waals surface area contributed by atoms with E-state index in [2.05, 4.69) is 32.3 Å². The van der Waals surface area contributed by atoms with E-state index in [9.17, 15) is 0 Å². The summed E-state index contributed by atoms with van der Waals surface area (Å²) in [6.07, 6.45) is 5.73. The van der Waals surface area contributed by atoms with Gasteiger partial charge < -0.3 is 4.74 Å². The Balaban J connectivity index is 1.80. The fraction of sp³-hybridized carbons (Fsp3) is 0.238. The number of hydrogen-bond donors (Lipinski definition) is 0. The molecule has 0 atom stereocenters. The first kappa shape index (κ1) is 15.9. The average Bonchev–Trinajstić information content (AvgIpc) is 2.84. The molecule has 0 amide bonds. The van der Waals surface area contributed by atoms with E-state index >= 15 is 0 Å². The SMILES string of the molecule is Cc1cnc2c(c1)N=Nc1cc(C)cnc1N2c1cccc2c1OCCC2. The Labute approximate surface area is 157 Å². The number of aryl methyl sites for hydroxylation is 3. The number of aromatic nitrogens is 2. The van der Waals surface area contributed by atoms with Crippen molar-refractivity contribution < 1.29 is 4.74 Å². The minimum absolute atomic E-state index is 0.710. The molecule has 6 nitrogen and oxygen atoms in total. The van der Waals surface area contributed by atoms with Crippen LogP contribution in [0.2, 0.25) is 0 Å². The summed E-state index contributed by atoms with van der Waals surface area (Å²) >= 11 is 0. The monoisotopic (exact) mass is 357 g/mol. The molecule has 134 valence electrons. The zero-order valence-electron chi connectivity index (χ0n) is 15.3. The van der Waals surface area contributed by atoms with Crippen LogP contribution in [-0.4, -0.2) is 16.6 Å². The van der Waals surface area contributed by atoms with Gasteiger partial charge in [-0.25, -0.2) is 9.97 Å². The summed E-state index contributed by atoms with van der Waals surface area (Å²) in [6.45, 7) is 4.72. The topological polar surface area (TPSA) is 63.0 Å². The van der Waals surface area contributed by atoms with Crippen LogP contribution in [0.4, 0.5) is 28.7 Å². The number of fused-ring (bicyclic) bond motifs is 3. The molecule has 1 aromatic carbocycles. The normalized spacial score (nSPS) is 14.7. The molecule has 0 aliphatic carbocycles. The largest absolute Gasteiger partial charge is 0.491 e. The number of pyridine rings is 2. The first-order valence-corrected chi connectivity index (χ1v) is 9.10. The van der Waals surface area contributed by atoms with E-state index in [1.54, 1.807) is 0 Å². The Hall–Kier alpha value is -3.28. The third kappa shape index (κ3) is 2.65. The molecule has 2 aliphatic rings. The van der Waals surface area contributed by atoms with Gasteiger partial charge in [0.2, 0.25) is 0 Å². The Bertz CT molecular complexity index is 1020. The second kappa shape index (κ2) is 6.16. The summed E-state index contributed by atoms with van der Waals surface area (Å²) < 4.78 is 6.07. The lowest BCUT2D eigenvalue weighted by Gasteiger charge is -2.28. The highest BCUT2D eigenvalue weighted by Crippen LogP contribution is 2.49. The molecule has 0 bridgehead atoms. The van der Waals surface area contributed by atoms with Crippen LogP contribution in [0, 0.1) is 13.8 Å². The number of anilines is 3. The highest BCUT2D eigenvalue weighted by atomic mass is 16.5. The van der Waals surface area contributed by atoms with E-state index in [1.807, 2.05) is 49.3 Å². The lowest BCUT2D eigenvalue weighted by atomic mass is 10.0. The molecular weight excluding hydrogens is 338 g/mol. The Morgan fingerprint density at radius 3 is 2.26 bits per heavy atom. The molecular formula is C21H19N5O. The summed E-state index contributed by atoms with van der Waals surface area (Å²) in [5.74, 6) is 2.32. The summed E-state index contributed by atoms with van der Waals surface area (Å²) in [7, 11) is 0. The minimum Gasteiger partial charge on any atom is -0.491 e. The number of rotatable bonds is 1. The van der Waals surface area contributed by atoms with Crippen LogP contribution < -0.4 is 9.64 Å². The second-order valence-electron chi connectivity index (χ2n) is 6.96. The number of hydrogen-bond acceptors (Lipinski definition) is 6. The maximum Gasteiger partial charge on any atom is 0.166 e. The highest BCUT2D eigenvalue weighted by Gasteiger charge is 2.28. The molecule has 4 heterocycles. The molecule has 27 heavy (non-hydrogen) atoms. The van der Waals surface area contributed by atoms with Gasteiger partial charge in [-0.1, -0.05) is 12.1 Å². The predicted molar refractivity (Wildman–Crippen MR) is 104 cm³/mol. The van der Waals surface area contributed by atoms with E-state index in [0.29, 0.717) is 11.6 Å². The maximum atomic E-state index is 6.07. The molecule has 0 saturated carbocycles. The first-order valence-electron chi connectivity index (χ1n) is 9.10. The van der Waals surface area contributed by atoms with Crippen molar-refractivity contribution in [1.29, 1.82) is 0 Å². The van der Waals surface area contributed by atoms with Crippen LogP contribution in [0.5, 0.6) is 5.75 Å². The van der Waals surface area contributed by atoms with Crippen LogP contribution in [0.15, 0.2) is 53.0 Å². The van der Waals surface area contributed by atoms with Crippen molar-refractivity contribution in [2.45, 2.75) is 26.7 Å². The molecule has 0 spiro atoms. The van der Waals surface area contributed by atoms with Crippen LogP contribution in [-0.2, 0) is 6.42 Å². The van der Waals surface area contributed by atoms with Gasteiger partial charge in [-0.3, -0.25) is 4.90 Å².